The molecule has 0 saturated heterocycles. The number of likely N-dealkylation sites (N-methyl/N-ethyl adjacent to an activating group) is 1. The van der Waals surface area contributed by atoms with Crippen molar-refractivity contribution in [3.63, 3.8) is 0 Å². The van der Waals surface area contributed by atoms with E-state index in [1.165, 1.54) is 18.2 Å². The maximum Gasteiger partial charge on any atom is 0.342 e. The molecule has 0 atom stereocenters. The van der Waals surface area contributed by atoms with Crippen LogP contribution in [0.15, 0.2) is 18.2 Å². The number of aromatic carboxylic acids is 1. The van der Waals surface area contributed by atoms with Crippen LogP contribution in [0.5, 0.6) is 5.75 Å². The van der Waals surface area contributed by atoms with Crippen LogP contribution < -0.4 is 4.74 Å². The van der Waals surface area contributed by atoms with Gasteiger partial charge >= 0.3 is 11.7 Å². The minimum Gasteiger partial charge on any atom is -0.485 e. The van der Waals surface area contributed by atoms with Crippen molar-refractivity contribution in [2.45, 2.75) is 0 Å². The number of carbonyl (C=O) groups is 1. The van der Waals surface area contributed by atoms with Gasteiger partial charge in [-0.2, -0.15) is 0 Å². The highest BCUT2D eigenvalue weighted by Crippen LogP contribution is 2.30. The molecule has 98 valence electrons. The van der Waals surface area contributed by atoms with Crippen LogP contribution in [-0.2, 0) is 0 Å². The van der Waals surface area contributed by atoms with E-state index >= 15 is 0 Å². The van der Waals surface area contributed by atoms with Gasteiger partial charge in [-0.3, -0.25) is 10.1 Å². The third-order valence-corrected chi connectivity index (χ3v) is 2.21. The van der Waals surface area contributed by atoms with Gasteiger partial charge in [0.25, 0.3) is 0 Å². The summed E-state index contributed by atoms with van der Waals surface area (Å²) in [6.45, 7) is 0.825. The van der Waals surface area contributed by atoms with Gasteiger partial charge in [-0.05, 0) is 26.2 Å². The second kappa shape index (κ2) is 5.97. The highest BCUT2D eigenvalue weighted by molar-refractivity contribution is 5.93. The Morgan fingerprint density at radius 3 is 2.67 bits per heavy atom. The second-order valence-corrected chi connectivity index (χ2v) is 3.87. The normalized spacial score (nSPS) is 10.4. The minimum atomic E-state index is -1.35. The molecule has 18 heavy (non-hydrogen) atoms. The van der Waals surface area contributed by atoms with Gasteiger partial charge in [0.05, 0.1) is 4.92 Å². The van der Waals surface area contributed by atoms with Crippen molar-refractivity contribution in [3.05, 3.63) is 33.9 Å². The average molecular weight is 254 g/mol. The molecule has 0 saturated carbocycles. The van der Waals surface area contributed by atoms with E-state index < -0.39 is 16.6 Å². The summed E-state index contributed by atoms with van der Waals surface area (Å²) in [6.07, 6.45) is 0. The molecule has 0 aliphatic carbocycles. The molecule has 0 bridgehead atoms. The molecule has 0 amide bonds. The summed E-state index contributed by atoms with van der Waals surface area (Å²) in [5.41, 5.74) is -0.883. The first-order chi connectivity index (χ1) is 8.43. The van der Waals surface area contributed by atoms with Gasteiger partial charge in [-0.15, -0.1) is 0 Å². The van der Waals surface area contributed by atoms with Crippen LogP contribution in [0.25, 0.3) is 0 Å². The van der Waals surface area contributed by atoms with E-state index in [9.17, 15) is 14.9 Å². The number of rotatable bonds is 6. The van der Waals surface area contributed by atoms with E-state index in [0.717, 1.165) is 0 Å². The molecule has 0 radical (unpaired) electrons. The largest absolute Gasteiger partial charge is 0.485 e. The molecule has 0 aliphatic heterocycles. The monoisotopic (exact) mass is 254 g/mol. The zero-order valence-electron chi connectivity index (χ0n) is 10.1. The van der Waals surface area contributed by atoms with Gasteiger partial charge in [0, 0.05) is 6.54 Å². The number of para-hydroxylation sites is 1. The zero-order chi connectivity index (χ0) is 13.7. The van der Waals surface area contributed by atoms with Crippen LogP contribution in [0.2, 0.25) is 0 Å². The van der Waals surface area contributed by atoms with Gasteiger partial charge in [0.2, 0.25) is 0 Å². The van der Waals surface area contributed by atoms with Crippen molar-refractivity contribution in [3.8, 4) is 5.75 Å². The Labute approximate surface area is 104 Å². The maximum atomic E-state index is 10.9. The lowest BCUT2D eigenvalue weighted by molar-refractivity contribution is -0.386. The van der Waals surface area contributed by atoms with E-state index in [1.807, 2.05) is 19.0 Å². The van der Waals surface area contributed by atoms with Crippen LogP contribution in [0.3, 0.4) is 0 Å². The average Bonchev–Trinajstić information content (AvgIpc) is 2.27. The third-order valence-electron chi connectivity index (χ3n) is 2.21. The van der Waals surface area contributed by atoms with E-state index in [4.69, 9.17) is 9.84 Å². The lowest BCUT2D eigenvalue weighted by Crippen LogP contribution is -2.19. The maximum absolute atomic E-state index is 10.9. The quantitative estimate of drug-likeness (QED) is 0.606. The summed E-state index contributed by atoms with van der Waals surface area (Å²) in [5.74, 6) is -1.37. The van der Waals surface area contributed by atoms with Crippen LogP contribution in [0.1, 0.15) is 10.4 Å². The molecule has 0 unspecified atom stereocenters. The molecular weight excluding hydrogens is 240 g/mol. The first kappa shape index (κ1) is 13.9. The number of nitrogens with zero attached hydrogens (tertiary/aromatic N) is 2. The number of ether oxygens (including phenoxy) is 1. The Bertz CT molecular complexity index is 459. The summed E-state index contributed by atoms with van der Waals surface area (Å²) in [6, 6.07) is 3.99. The Kier molecular flexibility index (Phi) is 4.61. The smallest absolute Gasteiger partial charge is 0.342 e. The van der Waals surface area contributed by atoms with Crippen LogP contribution in [0, 0.1) is 10.1 Å². The molecule has 1 N–H and O–H groups in total. The van der Waals surface area contributed by atoms with Crippen molar-refractivity contribution >= 4 is 11.7 Å². The van der Waals surface area contributed by atoms with Crippen molar-refractivity contribution in [2.75, 3.05) is 27.2 Å². The van der Waals surface area contributed by atoms with Gasteiger partial charge in [-0.25, -0.2) is 4.79 Å². The van der Waals surface area contributed by atoms with Gasteiger partial charge in [-0.1, -0.05) is 6.07 Å². The number of nitro groups is 1. The lowest BCUT2D eigenvalue weighted by Gasteiger charge is -2.11. The van der Waals surface area contributed by atoms with Gasteiger partial charge < -0.3 is 14.7 Å². The molecule has 0 spiro atoms. The first-order valence-corrected chi connectivity index (χ1v) is 5.21. The van der Waals surface area contributed by atoms with Crippen molar-refractivity contribution < 1.29 is 19.6 Å². The zero-order valence-corrected chi connectivity index (χ0v) is 10.1. The number of carboxylic acids is 1. The molecule has 0 heterocycles. The SMILES string of the molecule is CN(C)CCOc1cccc(C(=O)O)c1[N+](=O)[O-]. The Hall–Kier alpha value is -2.15. The van der Waals surface area contributed by atoms with Crippen molar-refractivity contribution in [2.24, 2.45) is 0 Å². The summed E-state index contributed by atoms with van der Waals surface area (Å²) < 4.78 is 5.25. The van der Waals surface area contributed by atoms with Crippen LogP contribution in [-0.4, -0.2) is 48.1 Å². The number of nitro benzene ring substituents is 1. The molecule has 1 rings (SSSR count). The third kappa shape index (κ3) is 3.42. The number of hydrogen-bond donors (Lipinski definition) is 1. The molecule has 1 aromatic rings. The second-order valence-electron chi connectivity index (χ2n) is 3.87. The highest BCUT2D eigenvalue weighted by Gasteiger charge is 2.25. The van der Waals surface area contributed by atoms with Crippen molar-refractivity contribution in [1.82, 2.24) is 4.90 Å². The van der Waals surface area contributed by atoms with E-state index in [1.54, 1.807) is 0 Å². The molecule has 7 nitrogen and oxygen atoms in total. The first-order valence-electron chi connectivity index (χ1n) is 5.21. The van der Waals surface area contributed by atoms with E-state index in [2.05, 4.69) is 0 Å². The minimum absolute atomic E-state index is 0.0262. The number of carboxylic acid groups (broad SMARTS) is 1. The highest BCUT2D eigenvalue weighted by atomic mass is 16.6. The molecular formula is C11H14N2O5. The summed E-state index contributed by atoms with van der Waals surface area (Å²) in [5, 5.41) is 19.8. The fourth-order valence-electron chi connectivity index (χ4n) is 1.34. The standard InChI is InChI=1S/C11H14N2O5/c1-12(2)6-7-18-9-5-3-4-8(11(14)15)10(9)13(16)17/h3-5H,6-7H2,1-2H3,(H,14,15). The van der Waals surface area contributed by atoms with Gasteiger partial charge in [0.15, 0.2) is 5.75 Å². The van der Waals surface area contributed by atoms with Gasteiger partial charge in [0.1, 0.15) is 12.2 Å². The summed E-state index contributed by atoms with van der Waals surface area (Å²) in [7, 11) is 3.68. The van der Waals surface area contributed by atoms with E-state index in [-0.39, 0.29) is 17.9 Å². The van der Waals surface area contributed by atoms with Crippen LogP contribution in [0.4, 0.5) is 5.69 Å². The Balaban J connectivity index is 3.00. The lowest BCUT2D eigenvalue weighted by atomic mass is 10.1. The van der Waals surface area contributed by atoms with Crippen molar-refractivity contribution in [1.29, 1.82) is 0 Å². The molecule has 0 aliphatic rings. The predicted octanol–water partition coefficient (Wildman–Crippen LogP) is 1.23. The van der Waals surface area contributed by atoms with E-state index in [0.29, 0.717) is 6.54 Å². The summed E-state index contributed by atoms with van der Waals surface area (Å²) >= 11 is 0. The molecule has 0 aromatic heterocycles. The number of benzene rings is 1. The predicted molar refractivity (Wildman–Crippen MR) is 64.1 cm³/mol. The topological polar surface area (TPSA) is 92.9 Å². The number of hydrogen-bond acceptors (Lipinski definition) is 5. The molecule has 0 fully saturated rings. The van der Waals surface area contributed by atoms with Crippen LogP contribution >= 0.6 is 0 Å². The fraction of sp³-hybridized carbons (Fsp3) is 0.364. The fourth-order valence-corrected chi connectivity index (χ4v) is 1.34. The molecule has 1 aromatic carbocycles. The summed E-state index contributed by atoms with van der Waals surface area (Å²) in [4.78, 5) is 22.9. The Morgan fingerprint density at radius 1 is 1.50 bits per heavy atom. The Morgan fingerprint density at radius 2 is 2.17 bits per heavy atom. The molecule has 7 heteroatoms.